The minimum absolute atomic E-state index is 0. The molecule has 0 amide bonds. The molecule has 0 unspecified atom stereocenters. The summed E-state index contributed by atoms with van der Waals surface area (Å²) < 4.78 is 30.8. The predicted octanol–water partition coefficient (Wildman–Crippen LogP) is 12.8. The van der Waals surface area contributed by atoms with E-state index in [9.17, 15) is 0 Å². The van der Waals surface area contributed by atoms with Crippen LogP contribution in [0, 0.1) is 19.0 Å². The summed E-state index contributed by atoms with van der Waals surface area (Å²) in [5.74, 6) is 0. The van der Waals surface area contributed by atoms with Gasteiger partial charge in [-0.05, 0) is 57.3 Å². The van der Waals surface area contributed by atoms with E-state index in [4.69, 9.17) is 8.53 Å². The zero-order chi connectivity index (χ0) is 39.6. The topological polar surface area (TPSA) is 38.9 Å². The molecule has 271 valence electrons. The first-order valence-electron chi connectivity index (χ1n) is 19.6. The summed E-state index contributed by atoms with van der Waals surface area (Å²) in [6.45, 7) is 4.72. The molecule has 1 radical (unpaired) electrons. The van der Waals surface area contributed by atoms with Gasteiger partial charge in [0.25, 0.3) is 0 Å². The number of hydrogen-bond acceptors (Lipinski definition) is 3. The second kappa shape index (κ2) is 16.3. The van der Waals surface area contributed by atoms with Crippen molar-refractivity contribution in [1.82, 2.24) is 9.97 Å². The molecule has 55 heavy (non-hydrogen) atoms. The summed E-state index contributed by atoms with van der Waals surface area (Å²) in [6.07, 6.45) is 3.67. The summed E-state index contributed by atoms with van der Waals surface area (Å²) in [6, 6.07) is 58.8. The Bertz CT molecular complexity index is 2800. The number of nitrogens with zero attached hydrogens (tertiary/aromatic N) is 2. The fourth-order valence-corrected chi connectivity index (χ4v) is 7.64. The van der Waals surface area contributed by atoms with Crippen molar-refractivity contribution in [2.24, 2.45) is 0 Å². The van der Waals surface area contributed by atoms with E-state index < -0.39 is 14.9 Å². The average Bonchev–Trinajstić information content (AvgIpc) is 3.62. The van der Waals surface area contributed by atoms with Crippen LogP contribution in [0.1, 0.15) is 9.68 Å². The maximum atomic E-state index is 8.15. The molecule has 3 heterocycles. The zero-order valence-corrected chi connectivity index (χ0v) is 34.2. The van der Waals surface area contributed by atoms with Gasteiger partial charge in [0.1, 0.15) is 5.58 Å². The quantitative estimate of drug-likeness (QED) is 0.123. The fraction of sp³-hybridized carbons (Fsp3) is 0.0800. The monoisotopic (exact) mass is 908 g/mol. The van der Waals surface area contributed by atoms with Crippen LogP contribution in [0.5, 0.6) is 0 Å². The van der Waals surface area contributed by atoms with Crippen LogP contribution in [0.25, 0.3) is 77.8 Å². The van der Waals surface area contributed by atoms with Crippen LogP contribution < -0.4 is 5.19 Å². The number of aryl methyl sites for hydroxylation is 1. The van der Waals surface area contributed by atoms with Gasteiger partial charge in [0.05, 0.1) is 13.7 Å². The molecular weight excluding hydrogens is 865 g/mol. The molecule has 0 bridgehead atoms. The molecule has 9 aromatic rings. The second-order valence-corrected chi connectivity index (χ2v) is 19.4. The first-order chi connectivity index (χ1) is 27.5. The summed E-state index contributed by atoms with van der Waals surface area (Å²) in [7, 11) is -1.29. The molecule has 5 heteroatoms. The van der Waals surface area contributed by atoms with Crippen molar-refractivity contribution in [3.05, 3.63) is 188 Å². The van der Waals surface area contributed by atoms with Gasteiger partial charge in [-0.25, -0.2) is 0 Å². The summed E-state index contributed by atoms with van der Waals surface area (Å²) in [5, 5.41) is 3.32. The fourth-order valence-electron chi connectivity index (χ4n) is 6.60. The number of hydrogen-bond donors (Lipinski definition) is 0. The number of fused-ring (bicyclic) bond motifs is 3. The molecule has 3 aromatic heterocycles. The number of rotatable bonds is 6. The molecule has 0 saturated carbocycles. The van der Waals surface area contributed by atoms with Crippen LogP contribution in [0.15, 0.2) is 175 Å². The van der Waals surface area contributed by atoms with Crippen LogP contribution in [-0.4, -0.2) is 18.0 Å². The van der Waals surface area contributed by atoms with Crippen molar-refractivity contribution < 1.29 is 28.6 Å². The molecule has 3 nitrogen and oxygen atoms in total. The van der Waals surface area contributed by atoms with Gasteiger partial charge in [-0.2, -0.15) is 0 Å². The third kappa shape index (κ3) is 8.20. The van der Waals surface area contributed by atoms with E-state index in [2.05, 4.69) is 115 Å². The average molecular weight is 908 g/mol. The van der Waals surface area contributed by atoms with Crippen LogP contribution in [0.3, 0.4) is 0 Å². The molecule has 9 rings (SSSR count). The van der Waals surface area contributed by atoms with E-state index in [-0.39, 0.29) is 25.7 Å². The number of furan rings is 1. The largest absolute Gasteiger partial charge is 0.501 e. The third-order valence-corrected chi connectivity index (χ3v) is 11.6. The Labute approximate surface area is 342 Å². The standard InChI is InChI=1S/C30H20NO.C20H20NSi.Ir/c1-20-17-28(31-19-27(20)22-11-6-3-7-12-22)26-14-8-13-25-24-16-15-23(18-29(24)32-30(25)26)21-9-4-2-5-10-21;1-22(2,3)19-12-13-20(21-15-19)18-11-7-10-17(14-18)16-8-5-4-6-9-16;/h2-13,15-19H,1H3;4-10,12-15H,1-3H3;/q2*-1;/i1D3;;. The van der Waals surface area contributed by atoms with Crippen molar-refractivity contribution >= 4 is 35.2 Å². The molecule has 0 aliphatic heterocycles. The van der Waals surface area contributed by atoms with Gasteiger partial charge >= 0.3 is 0 Å². The van der Waals surface area contributed by atoms with E-state index in [1.807, 2.05) is 85.1 Å². The van der Waals surface area contributed by atoms with Gasteiger partial charge in [-0.15, -0.1) is 53.6 Å². The van der Waals surface area contributed by atoms with Gasteiger partial charge < -0.3 is 14.4 Å². The summed E-state index contributed by atoms with van der Waals surface area (Å²) in [4.78, 5) is 9.30. The van der Waals surface area contributed by atoms with Crippen molar-refractivity contribution in [2.45, 2.75) is 26.5 Å². The first kappa shape index (κ1) is 33.8. The molecule has 6 aromatic carbocycles. The van der Waals surface area contributed by atoms with Crippen molar-refractivity contribution in [1.29, 1.82) is 0 Å². The van der Waals surface area contributed by atoms with Crippen LogP contribution in [0.4, 0.5) is 0 Å². The Kier molecular flexibility index (Phi) is 10.0. The summed E-state index contributed by atoms with van der Waals surface area (Å²) >= 11 is 0. The van der Waals surface area contributed by atoms with E-state index in [0.717, 1.165) is 44.3 Å². The molecule has 0 N–H and O–H groups in total. The van der Waals surface area contributed by atoms with E-state index in [1.54, 1.807) is 12.3 Å². The maximum Gasteiger partial charge on any atom is 0.121 e. The van der Waals surface area contributed by atoms with Crippen LogP contribution in [0.2, 0.25) is 19.6 Å². The molecule has 0 saturated heterocycles. The smallest absolute Gasteiger partial charge is 0.121 e. The first-order valence-corrected chi connectivity index (χ1v) is 21.6. The molecule has 0 aliphatic carbocycles. The van der Waals surface area contributed by atoms with Crippen molar-refractivity contribution in [2.75, 3.05) is 0 Å². The van der Waals surface area contributed by atoms with E-state index in [0.29, 0.717) is 22.4 Å². The van der Waals surface area contributed by atoms with Crippen molar-refractivity contribution in [3.8, 4) is 55.9 Å². The number of benzene rings is 6. The van der Waals surface area contributed by atoms with Crippen LogP contribution >= 0.6 is 0 Å². The Balaban J connectivity index is 0.000000192. The minimum atomic E-state index is -2.30. The minimum Gasteiger partial charge on any atom is -0.501 e. The Morgan fingerprint density at radius 3 is 1.84 bits per heavy atom. The van der Waals surface area contributed by atoms with Gasteiger partial charge in [0.2, 0.25) is 0 Å². The number of pyridine rings is 2. The molecule has 0 spiro atoms. The van der Waals surface area contributed by atoms with Gasteiger partial charge in [-0.3, -0.25) is 0 Å². The van der Waals surface area contributed by atoms with Gasteiger partial charge in [0.15, 0.2) is 0 Å². The second-order valence-electron chi connectivity index (χ2n) is 14.3. The molecular formula is C50H40IrN2OSi-2. The molecule has 0 fully saturated rings. The van der Waals surface area contributed by atoms with Gasteiger partial charge in [0, 0.05) is 47.6 Å². The Morgan fingerprint density at radius 1 is 0.564 bits per heavy atom. The Hall–Kier alpha value is -5.71. The summed E-state index contributed by atoms with van der Waals surface area (Å²) in [5.41, 5.74) is 10.9. The predicted molar refractivity (Wildman–Crippen MR) is 228 cm³/mol. The van der Waals surface area contributed by atoms with Crippen LogP contribution in [-0.2, 0) is 20.1 Å². The normalized spacial score (nSPS) is 12.2. The maximum absolute atomic E-state index is 8.15. The van der Waals surface area contributed by atoms with Crippen molar-refractivity contribution in [3.63, 3.8) is 0 Å². The van der Waals surface area contributed by atoms with Gasteiger partial charge in [-0.1, -0.05) is 152 Å². The Morgan fingerprint density at radius 2 is 1.20 bits per heavy atom. The molecule has 0 aliphatic rings. The third-order valence-electron chi connectivity index (χ3n) is 9.60. The number of aromatic nitrogens is 2. The van der Waals surface area contributed by atoms with E-state index >= 15 is 0 Å². The zero-order valence-electron chi connectivity index (χ0n) is 33.8. The molecule has 0 atom stereocenters. The van der Waals surface area contributed by atoms with E-state index in [1.165, 1.54) is 16.3 Å². The SMILES string of the molecule is C[Si](C)(C)c1ccc(-c2[c-]ccc(-c3ccccc3)c2)nc1.[2H]C([2H])([2H])c1cc(-c2[c-]ccc3c2oc2cc(-c4ccccc4)ccc23)ncc1-c1ccccc1.[Ir].